The molecule has 1 atom stereocenters. The normalized spacial score (nSPS) is 11.4. The average Bonchev–Trinajstić information content (AvgIpc) is 2.72. The van der Waals surface area contributed by atoms with E-state index >= 15 is 0 Å². The van der Waals surface area contributed by atoms with Crippen LogP contribution < -0.4 is 14.8 Å². The molecule has 6 nitrogen and oxygen atoms in total. The highest BCUT2D eigenvalue weighted by atomic mass is 16.6. The Morgan fingerprint density at radius 2 is 1.75 bits per heavy atom. The van der Waals surface area contributed by atoms with Crippen LogP contribution in [0.1, 0.15) is 43.5 Å². The fraction of sp³-hybridized carbons (Fsp3) is 0.364. The van der Waals surface area contributed by atoms with Gasteiger partial charge in [-0.25, -0.2) is 4.79 Å². The van der Waals surface area contributed by atoms with E-state index in [-0.39, 0.29) is 5.91 Å². The Bertz CT molecular complexity index is 773. The molecule has 0 heterocycles. The van der Waals surface area contributed by atoms with Crippen molar-refractivity contribution in [3.63, 3.8) is 0 Å². The zero-order valence-electron chi connectivity index (χ0n) is 16.6. The SMILES string of the molecule is CCCCCOC(=O)C(C)Oc1ccc(C(=O)Nc2ccccc2OC)cc1. The maximum Gasteiger partial charge on any atom is 0.347 e. The van der Waals surface area contributed by atoms with E-state index in [0.29, 0.717) is 29.4 Å². The van der Waals surface area contributed by atoms with E-state index in [1.54, 1.807) is 50.4 Å². The molecule has 2 rings (SSSR count). The van der Waals surface area contributed by atoms with Crippen LogP contribution in [0.2, 0.25) is 0 Å². The number of esters is 1. The average molecular weight is 385 g/mol. The zero-order chi connectivity index (χ0) is 20.4. The summed E-state index contributed by atoms with van der Waals surface area (Å²) in [5.41, 5.74) is 1.06. The fourth-order valence-corrected chi connectivity index (χ4v) is 2.52. The summed E-state index contributed by atoms with van der Waals surface area (Å²) >= 11 is 0. The first kappa shape index (κ1) is 21.3. The number of rotatable bonds is 10. The number of para-hydroxylation sites is 2. The molecule has 0 saturated heterocycles. The van der Waals surface area contributed by atoms with E-state index in [1.165, 1.54) is 0 Å². The van der Waals surface area contributed by atoms with Crippen LogP contribution in [0.4, 0.5) is 5.69 Å². The zero-order valence-corrected chi connectivity index (χ0v) is 16.6. The van der Waals surface area contributed by atoms with Crippen molar-refractivity contribution in [1.29, 1.82) is 0 Å². The number of hydrogen-bond acceptors (Lipinski definition) is 5. The van der Waals surface area contributed by atoms with E-state index < -0.39 is 12.1 Å². The van der Waals surface area contributed by atoms with Crippen LogP contribution in [0.3, 0.4) is 0 Å². The molecule has 1 unspecified atom stereocenters. The number of hydrogen-bond donors (Lipinski definition) is 1. The molecular formula is C22H27NO5. The highest BCUT2D eigenvalue weighted by Gasteiger charge is 2.16. The van der Waals surface area contributed by atoms with Gasteiger partial charge in [0, 0.05) is 5.56 Å². The minimum absolute atomic E-state index is 0.264. The molecule has 150 valence electrons. The van der Waals surface area contributed by atoms with Gasteiger partial charge in [-0.15, -0.1) is 0 Å². The summed E-state index contributed by atoms with van der Waals surface area (Å²) in [6, 6.07) is 13.8. The van der Waals surface area contributed by atoms with Gasteiger partial charge in [0.1, 0.15) is 11.5 Å². The van der Waals surface area contributed by atoms with Crippen molar-refractivity contribution in [3.8, 4) is 11.5 Å². The second-order valence-corrected chi connectivity index (χ2v) is 6.31. The van der Waals surface area contributed by atoms with Gasteiger partial charge in [0.25, 0.3) is 5.91 Å². The standard InChI is InChI=1S/C22H27NO5/c1-4-5-8-15-27-22(25)16(2)28-18-13-11-17(12-14-18)21(24)23-19-9-6-7-10-20(19)26-3/h6-7,9-14,16H,4-5,8,15H2,1-3H3,(H,23,24). The largest absolute Gasteiger partial charge is 0.495 e. The van der Waals surface area contributed by atoms with Crippen LogP contribution in [0.15, 0.2) is 48.5 Å². The summed E-state index contributed by atoms with van der Waals surface area (Å²) in [6.07, 6.45) is 2.24. The Kier molecular flexibility index (Phi) is 8.34. The smallest absolute Gasteiger partial charge is 0.347 e. The number of nitrogens with one attached hydrogen (secondary N) is 1. The predicted molar refractivity (Wildman–Crippen MR) is 108 cm³/mol. The number of carbonyl (C=O) groups excluding carboxylic acids is 2. The number of amides is 1. The molecule has 2 aromatic rings. The first-order valence-corrected chi connectivity index (χ1v) is 9.43. The molecule has 0 aromatic heterocycles. The number of benzene rings is 2. The van der Waals surface area contributed by atoms with Crippen molar-refractivity contribution in [2.24, 2.45) is 0 Å². The highest BCUT2D eigenvalue weighted by Crippen LogP contribution is 2.24. The van der Waals surface area contributed by atoms with Crippen LogP contribution in [0.25, 0.3) is 0 Å². The molecule has 0 aliphatic carbocycles. The first-order valence-electron chi connectivity index (χ1n) is 9.43. The van der Waals surface area contributed by atoms with Crippen molar-refractivity contribution in [2.75, 3.05) is 19.0 Å². The van der Waals surface area contributed by atoms with Gasteiger partial charge < -0.3 is 19.5 Å². The molecule has 1 N–H and O–H groups in total. The molecule has 6 heteroatoms. The van der Waals surface area contributed by atoms with Crippen LogP contribution in [0, 0.1) is 0 Å². The second-order valence-electron chi connectivity index (χ2n) is 6.31. The quantitative estimate of drug-likeness (QED) is 0.483. The summed E-state index contributed by atoms with van der Waals surface area (Å²) in [7, 11) is 1.55. The van der Waals surface area contributed by atoms with E-state index in [4.69, 9.17) is 14.2 Å². The van der Waals surface area contributed by atoms with E-state index in [2.05, 4.69) is 12.2 Å². The Labute approximate surface area is 165 Å². The van der Waals surface area contributed by atoms with Crippen molar-refractivity contribution in [1.82, 2.24) is 0 Å². The fourth-order valence-electron chi connectivity index (χ4n) is 2.52. The van der Waals surface area contributed by atoms with Gasteiger partial charge in [0.05, 0.1) is 19.4 Å². The van der Waals surface area contributed by atoms with Gasteiger partial charge >= 0.3 is 5.97 Å². The lowest BCUT2D eigenvalue weighted by Crippen LogP contribution is -2.26. The lowest BCUT2D eigenvalue weighted by molar-refractivity contribution is -0.151. The van der Waals surface area contributed by atoms with Crippen LogP contribution in [0.5, 0.6) is 11.5 Å². The van der Waals surface area contributed by atoms with Crippen molar-refractivity contribution in [3.05, 3.63) is 54.1 Å². The van der Waals surface area contributed by atoms with E-state index in [9.17, 15) is 9.59 Å². The number of anilines is 1. The van der Waals surface area contributed by atoms with E-state index in [1.807, 2.05) is 12.1 Å². The van der Waals surface area contributed by atoms with Crippen LogP contribution >= 0.6 is 0 Å². The highest BCUT2D eigenvalue weighted by molar-refractivity contribution is 6.05. The minimum Gasteiger partial charge on any atom is -0.495 e. The second kappa shape index (κ2) is 11.0. The topological polar surface area (TPSA) is 73.9 Å². The first-order chi connectivity index (χ1) is 13.5. The van der Waals surface area contributed by atoms with Gasteiger partial charge in [-0.05, 0) is 49.7 Å². The summed E-state index contributed by atoms with van der Waals surface area (Å²) in [6.45, 7) is 4.14. The summed E-state index contributed by atoms with van der Waals surface area (Å²) < 4.78 is 16.0. The Morgan fingerprint density at radius 3 is 2.43 bits per heavy atom. The third-order valence-corrected chi connectivity index (χ3v) is 4.11. The van der Waals surface area contributed by atoms with Gasteiger partial charge in [0.15, 0.2) is 6.10 Å². The number of methoxy groups -OCH3 is 1. The van der Waals surface area contributed by atoms with Gasteiger partial charge in [-0.1, -0.05) is 31.9 Å². The summed E-state index contributed by atoms with van der Waals surface area (Å²) in [4.78, 5) is 24.3. The maximum absolute atomic E-state index is 12.4. The van der Waals surface area contributed by atoms with Crippen LogP contribution in [-0.4, -0.2) is 31.7 Å². The molecule has 0 fully saturated rings. The molecule has 0 aliphatic heterocycles. The monoisotopic (exact) mass is 385 g/mol. The predicted octanol–water partition coefficient (Wildman–Crippen LogP) is 4.45. The van der Waals surface area contributed by atoms with Crippen molar-refractivity contribution >= 4 is 17.6 Å². The lowest BCUT2D eigenvalue weighted by Gasteiger charge is -2.14. The third kappa shape index (κ3) is 6.30. The maximum atomic E-state index is 12.4. The Morgan fingerprint density at radius 1 is 1.04 bits per heavy atom. The molecule has 0 saturated carbocycles. The van der Waals surface area contributed by atoms with Crippen molar-refractivity contribution < 1.29 is 23.8 Å². The molecule has 0 aliphatic rings. The minimum atomic E-state index is -0.713. The van der Waals surface area contributed by atoms with Gasteiger partial charge in [-0.3, -0.25) is 4.79 Å². The molecule has 1 amide bonds. The molecule has 2 aromatic carbocycles. The van der Waals surface area contributed by atoms with Gasteiger partial charge in [0.2, 0.25) is 0 Å². The van der Waals surface area contributed by atoms with Gasteiger partial charge in [-0.2, -0.15) is 0 Å². The summed E-state index contributed by atoms with van der Waals surface area (Å²) in [5, 5.41) is 2.81. The summed E-state index contributed by atoms with van der Waals surface area (Å²) in [5.74, 6) is 0.419. The third-order valence-electron chi connectivity index (χ3n) is 4.11. The number of ether oxygens (including phenoxy) is 3. The molecule has 0 spiro atoms. The molecule has 0 bridgehead atoms. The van der Waals surface area contributed by atoms with Crippen molar-refractivity contribution in [2.45, 2.75) is 39.2 Å². The molecule has 0 radical (unpaired) electrons. The lowest BCUT2D eigenvalue weighted by atomic mass is 10.2. The molecule has 28 heavy (non-hydrogen) atoms. The number of carbonyl (C=O) groups is 2. The van der Waals surface area contributed by atoms with Crippen LogP contribution in [-0.2, 0) is 9.53 Å². The van der Waals surface area contributed by atoms with E-state index in [0.717, 1.165) is 19.3 Å². The number of unbranched alkanes of at least 4 members (excludes halogenated alkanes) is 2. The molecular weight excluding hydrogens is 358 g/mol. The Balaban J connectivity index is 1.90. The Hall–Kier alpha value is -3.02.